The van der Waals surface area contributed by atoms with Gasteiger partial charge >= 0.3 is 5.97 Å². The molecule has 1 atom stereocenters. The third-order valence-electron chi connectivity index (χ3n) is 3.67. The SMILES string of the molecule is CC(OC(=O)c1cc(Cl)c2c(c1)OCCO2)C(=O)Nc1ccc(Cl)cc1Cl. The fourth-order valence-electron chi connectivity index (χ4n) is 2.34. The topological polar surface area (TPSA) is 73.9 Å². The minimum absolute atomic E-state index is 0.147. The molecule has 1 amide bonds. The summed E-state index contributed by atoms with van der Waals surface area (Å²) in [6.45, 7) is 2.17. The zero-order chi connectivity index (χ0) is 19.6. The van der Waals surface area contributed by atoms with Crippen molar-refractivity contribution in [1.29, 1.82) is 0 Å². The van der Waals surface area contributed by atoms with E-state index in [-0.39, 0.29) is 15.6 Å². The van der Waals surface area contributed by atoms with Crippen molar-refractivity contribution in [2.75, 3.05) is 18.5 Å². The number of amides is 1. The summed E-state index contributed by atoms with van der Waals surface area (Å²) in [6.07, 6.45) is -1.07. The molecular weight excluding hydrogens is 417 g/mol. The number of rotatable bonds is 4. The van der Waals surface area contributed by atoms with Crippen LogP contribution in [0, 0.1) is 0 Å². The summed E-state index contributed by atoms with van der Waals surface area (Å²) in [7, 11) is 0. The van der Waals surface area contributed by atoms with Crippen molar-refractivity contribution in [1.82, 2.24) is 0 Å². The number of hydrogen-bond donors (Lipinski definition) is 1. The Balaban J connectivity index is 1.68. The number of hydrogen-bond acceptors (Lipinski definition) is 5. The minimum atomic E-state index is -1.07. The predicted octanol–water partition coefficient (Wildman–Crippen LogP) is 4.60. The summed E-state index contributed by atoms with van der Waals surface area (Å²) in [5, 5.41) is 3.51. The number of anilines is 1. The Morgan fingerprint density at radius 3 is 2.56 bits per heavy atom. The summed E-state index contributed by atoms with van der Waals surface area (Å²) in [6, 6.07) is 7.49. The van der Waals surface area contributed by atoms with Crippen molar-refractivity contribution in [2.45, 2.75) is 13.0 Å². The van der Waals surface area contributed by atoms with Gasteiger partial charge in [-0.3, -0.25) is 4.79 Å². The molecular formula is C18H14Cl3NO5. The van der Waals surface area contributed by atoms with Crippen LogP contribution in [0.25, 0.3) is 0 Å². The summed E-state index contributed by atoms with van der Waals surface area (Å²) in [4.78, 5) is 24.6. The zero-order valence-corrected chi connectivity index (χ0v) is 16.3. The molecule has 0 radical (unpaired) electrons. The van der Waals surface area contributed by atoms with E-state index >= 15 is 0 Å². The Bertz CT molecular complexity index is 903. The van der Waals surface area contributed by atoms with Crippen LogP contribution in [0.3, 0.4) is 0 Å². The molecule has 3 rings (SSSR count). The van der Waals surface area contributed by atoms with Gasteiger partial charge in [0, 0.05) is 5.02 Å². The number of carbonyl (C=O) groups excluding carboxylic acids is 2. The van der Waals surface area contributed by atoms with Gasteiger partial charge in [0.15, 0.2) is 17.6 Å². The molecule has 0 saturated carbocycles. The third kappa shape index (κ3) is 4.58. The fourth-order valence-corrected chi connectivity index (χ4v) is 3.06. The van der Waals surface area contributed by atoms with Gasteiger partial charge in [-0.1, -0.05) is 34.8 Å². The van der Waals surface area contributed by atoms with Crippen LogP contribution < -0.4 is 14.8 Å². The Morgan fingerprint density at radius 1 is 1.07 bits per heavy atom. The van der Waals surface area contributed by atoms with Crippen LogP contribution >= 0.6 is 34.8 Å². The molecule has 9 heteroatoms. The Labute approximate surface area is 170 Å². The molecule has 1 aliphatic heterocycles. The standard InChI is InChI=1S/C18H14Cl3NO5/c1-9(17(23)22-14-3-2-11(19)8-12(14)20)27-18(24)10-6-13(21)16-15(7-10)25-4-5-26-16/h2-3,6-9H,4-5H2,1H3,(H,22,23). The number of benzene rings is 2. The highest BCUT2D eigenvalue weighted by molar-refractivity contribution is 6.36. The molecule has 0 aliphatic carbocycles. The van der Waals surface area contributed by atoms with Crippen LogP contribution in [-0.4, -0.2) is 31.2 Å². The maximum absolute atomic E-state index is 12.4. The van der Waals surface area contributed by atoms with Gasteiger partial charge in [0.1, 0.15) is 13.2 Å². The molecule has 2 aromatic carbocycles. The average Bonchev–Trinajstić information content (AvgIpc) is 2.63. The molecule has 1 heterocycles. The first-order valence-electron chi connectivity index (χ1n) is 7.91. The van der Waals surface area contributed by atoms with E-state index in [9.17, 15) is 9.59 Å². The lowest BCUT2D eigenvalue weighted by Crippen LogP contribution is -2.30. The maximum Gasteiger partial charge on any atom is 0.339 e. The number of ether oxygens (including phenoxy) is 3. The van der Waals surface area contributed by atoms with E-state index in [1.807, 2.05) is 0 Å². The molecule has 2 aromatic rings. The predicted molar refractivity (Wildman–Crippen MR) is 102 cm³/mol. The van der Waals surface area contributed by atoms with Gasteiger partial charge in [-0.05, 0) is 37.3 Å². The van der Waals surface area contributed by atoms with Gasteiger partial charge in [-0.2, -0.15) is 0 Å². The van der Waals surface area contributed by atoms with Crippen LogP contribution in [-0.2, 0) is 9.53 Å². The molecule has 6 nitrogen and oxygen atoms in total. The van der Waals surface area contributed by atoms with Crippen molar-refractivity contribution in [3.63, 3.8) is 0 Å². The lowest BCUT2D eigenvalue weighted by Gasteiger charge is -2.20. The highest BCUT2D eigenvalue weighted by atomic mass is 35.5. The second-order valence-corrected chi connectivity index (χ2v) is 6.89. The molecule has 0 fully saturated rings. The van der Waals surface area contributed by atoms with E-state index in [4.69, 9.17) is 49.0 Å². The largest absolute Gasteiger partial charge is 0.486 e. The lowest BCUT2D eigenvalue weighted by atomic mass is 10.2. The van der Waals surface area contributed by atoms with Crippen molar-refractivity contribution in [2.24, 2.45) is 0 Å². The van der Waals surface area contributed by atoms with Crippen LogP contribution in [0.2, 0.25) is 15.1 Å². The normalized spacial score (nSPS) is 13.6. The van der Waals surface area contributed by atoms with E-state index in [1.54, 1.807) is 12.1 Å². The highest BCUT2D eigenvalue weighted by Gasteiger charge is 2.23. The first kappa shape index (κ1) is 19.6. The van der Waals surface area contributed by atoms with Gasteiger partial charge in [-0.15, -0.1) is 0 Å². The number of carbonyl (C=O) groups is 2. The quantitative estimate of drug-likeness (QED) is 0.718. The zero-order valence-electron chi connectivity index (χ0n) is 14.1. The van der Waals surface area contributed by atoms with E-state index < -0.39 is 18.0 Å². The van der Waals surface area contributed by atoms with Crippen molar-refractivity contribution >= 4 is 52.4 Å². The van der Waals surface area contributed by atoms with Crippen LogP contribution in [0.5, 0.6) is 11.5 Å². The highest BCUT2D eigenvalue weighted by Crippen LogP contribution is 2.38. The summed E-state index contributed by atoms with van der Waals surface area (Å²) < 4.78 is 16.0. The minimum Gasteiger partial charge on any atom is -0.486 e. The maximum atomic E-state index is 12.4. The number of fused-ring (bicyclic) bond motifs is 1. The summed E-state index contributed by atoms with van der Waals surface area (Å²) in [5.74, 6) is -0.539. The first-order valence-corrected chi connectivity index (χ1v) is 9.04. The third-order valence-corrected chi connectivity index (χ3v) is 4.50. The van der Waals surface area contributed by atoms with Gasteiger partial charge in [0.2, 0.25) is 0 Å². The van der Waals surface area contributed by atoms with Crippen molar-refractivity contribution in [3.05, 3.63) is 51.0 Å². The molecule has 1 unspecified atom stereocenters. The van der Waals surface area contributed by atoms with Crippen LogP contribution in [0.4, 0.5) is 5.69 Å². The van der Waals surface area contributed by atoms with Gasteiger partial charge in [-0.25, -0.2) is 4.79 Å². The molecule has 142 valence electrons. The number of nitrogens with one attached hydrogen (secondary N) is 1. The van der Waals surface area contributed by atoms with Gasteiger partial charge in [0.05, 0.1) is 21.3 Å². The van der Waals surface area contributed by atoms with Crippen molar-refractivity contribution in [3.8, 4) is 11.5 Å². The molecule has 0 bridgehead atoms. The van der Waals surface area contributed by atoms with Crippen molar-refractivity contribution < 1.29 is 23.8 Å². The van der Waals surface area contributed by atoms with Crippen LogP contribution in [0.1, 0.15) is 17.3 Å². The average molecular weight is 431 g/mol. The summed E-state index contributed by atoms with van der Waals surface area (Å²) in [5.41, 5.74) is 0.504. The second-order valence-electron chi connectivity index (χ2n) is 5.64. The Hall–Kier alpha value is -2.15. The Kier molecular flexibility index (Phi) is 5.99. The molecule has 0 aromatic heterocycles. The molecule has 27 heavy (non-hydrogen) atoms. The Morgan fingerprint density at radius 2 is 1.81 bits per heavy atom. The fraction of sp³-hybridized carbons (Fsp3) is 0.222. The number of esters is 1. The van der Waals surface area contributed by atoms with E-state index in [2.05, 4.69) is 5.32 Å². The van der Waals surface area contributed by atoms with E-state index in [1.165, 1.54) is 25.1 Å². The molecule has 0 saturated heterocycles. The van der Waals surface area contributed by atoms with Crippen LogP contribution in [0.15, 0.2) is 30.3 Å². The smallest absolute Gasteiger partial charge is 0.339 e. The lowest BCUT2D eigenvalue weighted by molar-refractivity contribution is -0.123. The molecule has 1 N–H and O–H groups in total. The molecule has 1 aliphatic rings. The van der Waals surface area contributed by atoms with E-state index in [0.29, 0.717) is 35.4 Å². The monoisotopic (exact) mass is 429 g/mol. The summed E-state index contributed by atoms with van der Waals surface area (Å²) >= 11 is 17.9. The second kappa shape index (κ2) is 8.25. The van der Waals surface area contributed by atoms with Gasteiger partial charge < -0.3 is 19.5 Å². The number of halogens is 3. The van der Waals surface area contributed by atoms with E-state index in [0.717, 1.165) is 0 Å². The molecule has 0 spiro atoms. The van der Waals surface area contributed by atoms with Gasteiger partial charge in [0.25, 0.3) is 5.91 Å². The first-order chi connectivity index (χ1) is 12.8.